The second-order valence-corrected chi connectivity index (χ2v) is 6.79. The summed E-state index contributed by atoms with van der Waals surface area (Å²) in [5.41, 5.74) is 0. The molecule has 0 aromatic rings. The molecule has 0 spiro atoms. The quantitative estimate of drug-likeness (QED) is 0.859. The van der Waals surface area contributed by atoms with E-state index in [4.69, 9.17) is 0 Å². The number of fused-ring (bicyclic) bond motifs is 1. The summed E-state index contributed by atoms with van der Waals surface area (Å²) in [7, 11) is 0. The highest BCUT2D eigenvalue weighted by molar-refractivity contribution is 5.78. The van der Waals surface area contributed by atoms with Crippen LogP contribution < -0.4 is 5.32 Å². The first kappa shape index (κ1) is 13.9. The largest absolute Gasteiger partial charge is 0.353 e. The van der Waals surface area contributed by atoms with Crippen molar-refractivity contribution in [3.8, 4) is 0 Å². The van der Waals surface area contributed by atoms with Crippen molar-refractivity contribution in [2.75, 3.05) is 13.1 Å². The van der Waals surface area contributed by atoms with Gasteiger partial charge >= 0.3 is 0 Å². The van der Waals surface area contributed by atoms with Gasteiger partial charge in [-0.3, -0.25) is 9.59 Å². The number of nitrogens with one attached hydrogen (secondary N) is 1. The third kappa shape index (κ3) is 3.15. The van der Waals surface area contributed by atoms with Crippen molar-refractivity contribution in [1.29, 1.82) is 0 Å². The summed E-state index contributed by atoms with van der Waals surface area (Å²) in [6.45, 7) is 1.68. The van der Waals surface area contributed by atoms with E-state index < -0.39 is 0 Å². The Bertz CT molecular complexity index is 377. The van der Waals surface area contributed by atoms with Crippen LogP contribution in [0.1, 0.15) is 57.8 Å². The highest BCUT2D eigenvalue weighted by atomic mass is 16.2. The van der Waals surface area contributed by atoms with E-state index in [2.05, 4.69) is 5.32 Å². The molecule has 4 heteroatoms. The van der Waals surface area contributed by atoms with Crippen molar-refractivity contribution < 1.29 is 9.59 Å². The zero-order valence-corrected chi connectivity index (χ0v) is 12.3. The molecule has 4 nitrogen and oxygen atoms in total. The number of piperidine rings is 2. The zero-order chi connectivity index (χ0) is 13.9. The Balaban J connectivity index is 1.46. The van der Waals surface area contributed by atoms with E-state index in [0.717, 1.165) is 44.7 Å². The highest BCUT2D eigenvalue weighted by Gasteiger charge is 2.35. The van der Waals surface area contributed by atoms with Crippen molar-refractivity contribution >= 4 is 11.8 Å². The number of carbonyl (C=O) groups is 2. The van der Waals surface area contributed by atoms with Gasteiger partial charge in [0, 0.05) is 32.0 Å². The van der Waals surface area contributed by atoms with Crippen molar-refractivity contribution in [2.45, 2.75) is 63.8 Å². The molecule has 2 unspecified atom stereocenters. The number of hydrogen-bond acceptors (Lipinski definition) is 2. The molecule has 20 heavy (non-hydrogen) atoms. The number of nitrogens with zero attached hydrogens (tertiary/aromatic N) is 1. The van der Waals surface area contributed by atoms with Crippen molar-refractivity contribution in [1.82, 2.24) is 10.2 Å². The minimum atomic E-state index is 0.187. The lowest BCUT2D eigenvalue weighted by molar-refractivity contribution is -0.135. The Morgan fingerprint density at radius 1 is 1.20 bits per heavy atom. The lowest BCUT2D eigenvalue weighted by atomic mass is 9.85. The summed E-state index contributed by atoms with van der Waals surface area (Å²) < 4.78 is 0. The number of rotatable bonds is 3. The molecule has 2 saturated heterocycles. The van der Waals surface area contributed by atoms with Crippen molar-refractivity contribution in [2.24, 2.45) is 11.8 Å². The molecule has 0 bridgehead atoms. The van der Waals surface area contributed by atoms with Gasteiger partial charge in [-0.2, -0.15) is 0 Å². The van der Waals surface area contributed by atoms with Crippen molar-refractivity contribution in [3.63, 3.8) is 0 Å². The van der Waals surface area contributed by atoms with Gasteiger partial charge in [-0.15, -0.1) is 0 Å². The van der Waals surface area contributed by atoms with Gasteiger partial charge in [0.05, 0.1) is 0 Å². The van der Waals surface area contributed by atoms with E-state index in [9.17, 15) is 9.59 Å². The van der Waals surface area contributed by atoms with Crippen LogP contribution in [0.15, 0.2) is 0 Å². The van der Waals surface area contributed by atoms with E-state index >= 15 is 0 Å². The minimum absolute atomic E-state index is 0.187. The molecule has 2 heterocycles. The van der Waals surface area contributed by atoms with Gasteiger partial charge in [0.15, 0.2) is 0 Å². The average molecular weight is 278 g/mol. The maximum Gasteiger partial charge on any atom is 0.222 e. The van der Waals surface area contributed by atoms with Gasteiger partial charge in [0.1, 0.15) is 0 Å². The Morgan fingerprint density at radius 3 is 2.80 bits per heavy atom. The first-order chi connectivity index (χ1) is 9.72. The average Bonchev–Trinajstić information content (AvgIpc) is 2.97. The van der Waals surface area contributed by atoms with Gasteiger partial charge in [-0.25, -0.2) is 0 Å². The third-order valence-electron chi connectivity index (χ3n) is 5.42. The SMILES string of the molecule is O=C1CCC2CN(C(=O)CCC3CCCC3)CCC2N1. The number of amides is 2. The standard InChI is InChI=1S/C16H26N2O2/c19-15-7-6-13-11-18(10-9-14(13)17-15)16(20)8-5-12-3-1-2-4-12/h12-14H,1-11H2,(H,17,19). The molecule has 0 aromatic heterocycles. The minimum Gasteiger partial charge on any atom is -0.353 e. The van der Waals surface area contributed by atoms with Crippen LogP contribution in [0, 0.1) is 11.8 Å². The molecule has 2 atom stereocenters. The van der Waals surface area contributed by atoms with Crippen LogP contribution in [0.5, 0.6) is 0 Å². The van der Waals surface area contributed by atoms with Crippen LogP contribution in [-0.2, 0) is 9.59 Å². The first-order valence-electron chi connectivity index (χ1n) is 8.29. The monoisotopic (exact) mass is 278 g/mol. The summed E-state index contributed by atoms with van der Waals surface area (Å²) in [4.78, 5) is 25.8. The van der Waals surface area contributed by atoms with E-state index in [1.165, 1.54) is 25.7 Å². The van der Waals surface area contributed by atoms with Crippen LogP contribution in [0.2, 0.25) is 0 Å². The number of likely N-dealkylation sites (tertiary alicyclic amines) is 1. The van der Waals surface area contributed by atoms with Crippen LogP contribution in [0.3, 0.4) is 0 Å². The summed E-state index contributed by atoms with van der Waals surface area (Å²) in [5, 5.41) is 3.08. The van der Waals surface area contributed by atoms with E-state index in [0.29, 0.717) is 24.3 Å². The van der Waals surface area contributed by atoms with Crippen LogP contribution in [-0.4, -0.2) is 35.8 Å². The van der Waals surface area contributed by atoms with E-state index in [-0.39, 0.29) is 5.91 Å². The topological polar surface area (TPSA) is 49.4 Å². The Kier molecular flexibility index (Phi) is 4.27. The lowest BCUT2D eigenvalue weighted by Gasteiger charge is -2.41. The molecule has 2 amide bonds. The molecule has 112 valence electrons. The molecule has 3 fully saturated rings. The predicted molar refractivity (Wildman–Crippen MR) is 77.0 cm³/mol. The van der Waals surface area contributed by atoms with Crippen LogP contribution in [0.25, 0.3) is 0 Å². The predicted octanol–water partition coefficient (Wildman–Crippen LogP) is 2.08. The second-order valence-electron chi connectivity index (χ2n) is 6.79. The van der Waals surface area contributed by atoms with Gasteiger partial charge in [-0.1, -0.05) is 25.7 Å². The van der Waals surface area contributed by atoms with Crippen LogP contribution >= 0.6 is 0 Å². The fourth-order valence-corrected chi connectivity index (χ4v) is 4.12. The van der Waals surface area contributed by atoms with Crippen LogP contribution in [0.4, 0.5) is 0 Å². The maximum absolute atomic E-state index is 12.3. The van der Waals surface area contributed by atoms with Gasteiger partial charge in [0.25, 0.3) is 0 Å². The molecular weight excluding hydrogens is 252 g/mol. The molecule has 1 saturated carbocycles. The van der Waals surface area contributed by atoms with Crippen molar-refractivity contribution in [3.05, 3.63) is 0 Å². The Hall–Kier alpha value is -1.06. The number of carbonyl (C=O) groups excluding carboxylic acids is 2. The lowest BCUT2D eigenvalue weighted by Crippen LogP contribution is -2.55. The molecular formula is C16H26N2O2. The molecule has 0 aromatic carbocycles. The molecule has 3 aliphatic rings. The smallest absolute Gasteiger partial charge is 0.222 e. The molecule has 2 aliphatic heterocycles. The summed E-state index contributed by atoms with van der Waals surface area (Å²) >= 11 is 0. The Labute approximate surface area is 121 Å². The first-order valence-corrected chi connectivity index (χ1v) is 8.29. The zero-order valence-electron chi connectivity index (χ0n) is 12.3. The summed E-state index contributed by atoms with van der Waals surface area (Å²) in [5.74, 6) is 1.81. The molecule has 1 aliphatic carbocycles. The van der Waals surface area contributed by atoms with Gasteiger partial charge in [-0.05, 0) is 31.1 Å². The highest BCUT2D eigenvalue weighted by Crippen LogP contribution is 2.30. The third-order valence-corrected chi connectivity index (χ3v) is 5.42. The fourth-order valence-electron chi connectivity index (χ4n) is 4.12. The maximum atomic E-state index is 12.3. The second kappa shape index (κ2) is 6.15. The fraction of sp³-hybridized carbons (Fsp3) is 0.875. The van der Waals surface area contributed by atoms with E-state index in [1.807, 2.05) is 4.90 Å². The molecule has 1 N–H and O–H groups in total. The molecule has 3 rings (SSSR count). The van der Waals surface area contributed by atoms with Gasteiger partial charge < -0.3 is 10.2 Å². The summed E-state index contributed by atoms with van der Waals surface area (Å²) in [6, 6.07) is 0.315. The number of hydrogen-bond donors (Lipinski definition) is 1. The summed E-state index contributed by atoms with van der Waals surface area (Å²) in [6.07, 6.45) is 9.68. The van der Waals surface area contributed by atoms with E-state index in [1.54, 1.807) is 0 Å². The normalized spacial score (nSPS) is 31.0. The Morgan fingerprint density at radius 2 is 2.00 bits per heavy atom. The van der Waals surface area contributed by atoms with Gasteiger partial charge in [0.2, 0.25) is 11.8 Å². The molecule has 0 radical (unpaired) electrons.